The molecule has 58 heavy (non-hydrogen) atoms. The van der Waals surface area contributed by atoms with Gasteiger partial charge in [-0.1, -0.05) is 127 Å². The maximum atomic E-state index is 6.98. The molecule has 5 nitrogen and oxygen atoms in total. The lowest BCUT2D eigenvalue weighted by Crippen LogP contribution is -2.03. The van der Waals surface area contributed by atoms with Gasteiger partial charge in [-0.05, 0) is 68.7 Å². The Morgan fingerprint density at radius 3 is 1.84 bits per heavy atom. The topological polar surface area (TPSA) is 57.0 Å². The van der Waals surface area contributed by atoms with Crippen LogP contribution in [0, 0.1) is 0 Å². The van der Waals surface area contributed by atoms with Crippen molar-refractivity contribution in [3.63, 3.8) is 0 Å². The third-order valence-electron chi connectivity index (χ3n) is 12.2. The van der Waals surface area contributed by atoms with E-state index >= 15 is 0 Å². The van der Waals surface area contributed by atoms with E-state index in [9.17, 15) is 0 Å². The first kappa shape index (κ1) is 30.7. The summed E-state index contributed by atoms with van der Waals surface area (Å²) in [4.78, 5) is 11.2. The van der Waals surface area contributed by atoms with Crippen LogP contribution in [0.25, 0.3) is 136 Å². The fourth-order valence-corrected chi connectivity index (χ4v) is 11.0. The number of hydrogen-bond donors (Lipinski definition) is 0. The fourth-order valence-electron chi connectivity index (χ4n) is 9.79. The second kappa shape index (κ2) is 11.1. The molecule has 9 aromatic carbocycles. The summed E-state index contributed by atoms with van der Waals surface area (Å²) in [7, 11) is 0. The number of aromatic nitrogens is 3. The Morgan fingerprint density at radius 1 is 0.431 bits per heavy atom. The Balaban J connectivity index is 1.22. The smallest absolute Gasteiger partial charge is 0.236 e. The van der Waals surface area contributed by atoms with Gasteiger partial charge in [0.2, 0.25) is 5.95 Å². The highest BCUT2D eigenvalue weighted by Gasteiger charge is 2.27. The van der Waals surface area contributed by atoms with E-state index in [1.807, 2.05) is 35.6 Å². The van der Waals surface area contributed by atoms with Crippen molar-refractivity contribution in [3.8, 4) is 17.2 Å². The van der Waals surface area contributed by atoms with Crippen molar-refractivity contribution in [1.29, 1.82) is 0 Å². The maximum Gasteiger partial charge on any atom is 0.236 e. The number of thiophene rings is 1. The monoisotopic (exact) mass is 757 g/mol. The van der Waals surface area contributed by atoms with E-state index in [-0.39, 0.29) is 0 Å². The number of furan rings is 2. The second-order valence-corrected chi connectivity index (χ2v) is 16.3. The predicted octanol–water partition coefficient (Wildman–Crippen LogP) is 14.9. The molecular formula is C52H27N3O2S. The van der Waals surface area contributed by atoms with Crippen molar-refractivity contribution in [2.45, 2.75) is 0 Å². The van der Waals surface area contributed by atoms with Crippen LogP contribution in [-0.4, -0.2) is 14.5 Å². The van der Waals surface area contributed by atoms with Crippen LogP contribution in [-0.2, 0) is 0 Å². The fraction of sp³-hybridized carbons (Fsp3) is 0. The largest absolute Gasteiger partial charge is 0.454 e. The number of fused-ring (bicyclic) bond motifs is 20. The lowest BCUT2D eigenvalue weighted by atomic mass is 9.97. The summed E-state index contributed by atoms with van der Waals surface area (Å²) in [5.41, 5.74) is 7.59. The van der Waals surface area contributed by atoms with Gasteiger partial charge in [0, 0.05) is 52.7 Å². The van der Waals surface area contributed by atoms with E-state index in [1.165, 1.54) is 36.3 Å². The Labute approximate surface area is 332 Å². The molecule has 0 spiro atoms. The third-order valence-corrected chi connectivity index (χ3v) is 13.3. The van der Waals surface area contributed by atoms with Gasteiger partial charge < -0.3 is 8.83 Å². The molecule has 14 rings (SSSR count). The molecular weight excluding hydrogens is 731 g/mol. The highest BCUT2D eigenvalue weighted by Crippen LogP contribution is 2.49. The maximum absolute atomic E-state index is 6.98. The van der Waals surface area contributed by atoms with Gasteiger partial charge in [-0.2, -0.15) is 0 Å². The molecule has 0 atom stereocenters. The van der Waals surface area contributed by atoms with Gasteiger partial charge in [0.15, 0.2) is 11.2 Å². The zero-order valence-corrected chi connectivity index (χ0v) is 31.5. The van der Waals surface area contributed by atoms with Gasteiger partial charge in [-0.3, -0.25) is 4.57 Å². The SMILES string of the molecule is c1ccc2c(c1)ccc1c2c2c3ccccc3c3c4ccccc4oc3c2n1-c1nc(-c2cc3sc4ccccc4c3c3ccccc23)c2oc3ccccc3c2n1. The first-order valence-corrected chi connectivity index (χ1v) is 20.3. The van der Waals surface area contributed by atoms with E-state index in [1.54, 1.807) is 0 Å². The van der Waals surface area contributed by atoms with Gasteiger partial charge >= 0.3 is 0 Å². The predicted molar refractivity (Wildman–Crippen MR) is 242 cm³/mol. The number of nitrogens with zero attached hydrogens (tertiary/aromatic N) is 3. The molecule has 0 aliphatic carbocycles. The minimum absolute atomic E-state index is 0.557. The van der Waals surface area contributed by atoms with Crippen LogP contribution in [0.4, 0.5) is 0 Å². The molecule has 0 fully saturated rings. The van der Waals surface area contributed by atoms with Crippen molar-refractivity contribution in [2.24, 2.45) is 0 Å². The molecule has 5 aromatic heterocycles. The molecule has 0 radical (unpaired) electrons. The number of benzene rings is 9. The molecule has 14 aromatic rings. The molecule has 5 heterocycles. The van der Waals surface area contributed by atoms with E-state index in [0.29, 0.717) is 11.5 Å². The van der Waals surface area contributed by atoms with E-state index in [4.69, 9.17) is 18.8 Å². The molecule has 6 heteroatoms. The average molecular weight is 758 g/mol. The standard InChI is InChI=1S/C52H27N3O2S/c1-2-14-29-28(13-1)25-26-38-45(29)46-33-18-6-5-17-32(33)44-34-19-7-10-22-39(34)56-50(44)49(46)55(38)52-53-47-35-20-8-11-23-40(35)57-51(47)48(54-52)37-27-42-43(31-16-4-3-15-30(31)37)36-21-9-12-24-41(36)58-42/h1-27H. The zero-order chi connectivity index (χ0) is 37.6. The van der Waals surface area contributed by atoms with Crippen LogP contribution < -0.4 is 0 Å². The summed E-state index contributed by atoms with van der Waals surface area (Å²) in [5.74, 6) is 0.557. The summed E-state index contributed by atoms with van der Waals surface area (Å²) >= 11 is 1.82. The van der Waals surface area contributed by atoms with Crippen LogP contribution >= 0.6 is 11.3 Å². The quantitative estimate of drug-likeness (QED) is 0.176. The second-order valence-electron chi connectivity index (χ2n) is 15.2. The molecule has 0 N–H and O–H groups in total. The van der Waals surface area contributed by atoms with E-state index in [2.05, 4.69) is 144 Å². The molecule has 0 amide bonds. The summed E-state index contributed by atoms with van der Waals surface area (Å²) in [6, 6.07) is 58.0. The van der Waals surface area contributed by atoms with Gasteiger partial charge in [-0.15, -0.1) is 11.3 Å². The average Bonchev–Trinajstić information content (AvgIpc) is 4.05. The summed E-state index contributed by atoms with van der Waals surface area (Å²) < 4.78 is 18.5. The van der Waals surface area contributed by atoms with Crippen LogP contribution in [0.1, 0.15) is 0 Å². The lowest BCUT2D eigenvalue weighted by molar-refractivity contribution is 0.666. The van der Waals surface area contributed by atoms with Crippen molar-refractivity contribution in [3.05, 3.63) is 164 Å². The first-order chi connectivity index (χ1) is 28.8. The highest BCUT2D eigenvalue weighted by molar-refractivity contribution is 7.26. The van der Waals surface area contributed by atoms with Crippen LogP contribution in [0.5, 0.6) is 0 Å². The van der Waals surface area contributed by atoms with Crippen LogP contribution in [0.15, 0.2) is 173 Å². The lowest BCUT2D eigenvalue weighted by Gasteiger charge is -2.12. The molecule has 0 aliphatic heterocycles. The molecule has 0 saturated heterocycles. The Morgan fingerprint density at radius 2 is 1.03 bits per heavy atom. The van der Waals surface area contributed by atoms with Crippen molar-refractivity contribution >= 4 is 130 Å². The Kier molecular flexibility index (Phi) is 5.85. The van der Waals surface area contributed by atoms with Crippen molar-refractivity contribution in [2.75, 3.05) is 0 Å². The first-order valence-electron chi connectivity index (χ1n) is 19.5. The van der Waals surface area contributed by atoms with Gasteiger partial charge in [0.1, 0.15) is 27.9 Å². The Bertz CT molecular complexity index is 4110. The summed E-state index contributed by atoms with van der Waals surface area (Å²) in [6.45, 7) is 0. The zero-order valence-electron chi connectivity index (χ0n) is 30.7. The van der Waals surface area contributed by atoms with Gasteiger partial charge in [-0.25, -0.2) is 9.97 Å². The summed E-state index contributed by atoms with van der Waals surface area (Å²) in [5, 5.41) is 14.9. The molecule has 0 unspecified atom stereocenters. The van der Waals surface area contributed by atoms with Gasteiger partial charge in [0.25, 0.3) is 0 Å². The van der Waals surface area contributed by atoms with Crippen LogP contribution in [0.2, 0.25) is 0 Å². The minimum atomic E-state index is 0.557. The molecule has 0 saturated carbocycles. The third kappa shape index (κ3) is 3.89. The van der Waals surface area contributed by atoms with Crippen molar-refractivity contribution < 1.29 is 8.83 Å². The molecule has 0 bridgehead atoms. The minimum Gasteiger partial charge on any atom is -0.454 e. The van der Waals surface area contributed by atoms with Crippen LogP contribution in [0.3, 0.4) is 0 Å². The van der Waals surface area contributed by atoms with E-state index in [0.717, 1.165) is 87.6 Å². The number of hydrogen-bond acceptors (Lipinski definition) is 5. The summed E-state index contributed by atoms with van der Waals surface area (Å²) in [6.07, 6.45) is 0. The molecule has 0 aliphatic rings. The highest BCUT2D eigenvalue weighted by atomic mass is 32.1. The molecule has 268 valence electrons. The number of rotatable bonds is 2. The number of para-hydroxylation sites is 2. The van der Waals surface area contributed by atoms with E-state index < -0.39 is 0 Å². The van der Waals surface area contributed by atoms with Crippen molar-refractivity contribution in [1.82, 2.24) is 14.5 Å². The normalized spacial score (nSPS) is 12.5. The Hall–Kier alpha value is -7.54. The van der Waals surface area contributed by atoms with Gasteiger partial charge in [0.05, 0.1) is 5.52 Å².